The second-order valence-electron chi connectivity index (χ2n) is 12.0. The van der Waals surface area contributed by atoms with Gasteiger partial charge in [-0.05, 0) is 74.4 Å². The minimum atomic E-state index is -1.14. The molecule has 0 amide bonds. The zero-order valence-electron chi connectivity index (χ0n) is 27.7. The van der Waals surface area contributed by atoms with Crippen LogP contribution >= 0.6 is 0 Å². The van der Waals surface area contributed by atoms with Gasteiger partial charge >= 0.3 is 17.9 Å². The van der Waals surface area contributed by atoms with Crippen LogP contribution in [-0.4, -0.2) is 38.0 Å². The van der Waals surface area contributed by atoms with Crippen molar-refractivity contribution in [3.63, 3.8) is 0 Å². The highest BCUT2D eigenvalue weighted by Gasteiger charge is 2.23. The second-order valence-corrected chi connectivity index (χ2v) is 12.0. The number of ether oxygens (including phenoxy) is 2. The Morgan fingerprint density at radius 1 is 0.640 bits per heavy atom. The normalized spacial score (nSPS) is 10.8. The van der Waals surface area contributed by atoms with E-state index in [2.05, 4.69) is 9.97 Å². The largest absolute Gasteiger partial charge is 0.478 e. The fourth-order valence-corrected chi connectivity index (χ4v) is 5.63. The maximum absolute atomic E-state index is 13.0. The molecule has 9 heteroatoms. The molecule has 6 rings (SSSR count). The summed E-state index contributed by atoms with van der Waals surface area (Å²) >= 11 is 0. The van der Waals surface area contributed by atoms with Gasteiger partial charge in [-0.3, -0.25) is 15.0 Å². The number of nitrogens with zero attached hydrogens (tertiary/aromatic N) is 3. The SMILES string of the molecule is Cc1ccc(-c2cc(Cc3cc(C)ccc3OC(=O)c3cccnc3)nc(Cc3cc(C)ccc3OC(=O)c3cccnc3)c2C(=O)O)cc1. The summed E-state index contributed by atoms with van der Waals surface area (Å²) in [5, 5.41) is 10.6. The van der Waals surface area contributed by atoms with Crippen molar-refractivity contribution in [2.75, 3.05) is 0 Å². The molecule has 3 aromatic carbocycles. The van der Waals surface area contributed by atoms with Crippen LogP contribution in [0, 0.1) is 20.8 Å². The van der Waals surface area contributed by atoms with Gasteiger partial charge < -0.3 is 14.6 Å². The Kier molecular flexibility index (Phi) is 9.85. The third-order valence-electron chi connectivity index (χ3n) is 8.09. The lowest BCUT2D eigenvalue weighted by atomic mass is 9.93. The van der Waals surface area contributed by atoms with Crippen LogP contribution < -0.4 is 9.47 Å². The number of carboxylic acid groups (broad SMARTS) is 1. The number of carbonyl (C=O) groups excluding carboxylic acids is 2. The van der Waals surface area contributed by atoms with Crippen molar-refractivity contribution in [2.45, 2.75) is 33.6 Å². The highest BCUT2D eigenvalue weighted by atomic mass is 16.5. The predicted molar refractivity (Wildman–Crippen MR) is 188 cm³/mol. The Bertz CT molecular complexity index is 2200. The van der Waals surface area contributed by atoms with Crippen molar-refractivity contribution in [3.8, 4) is 22.6 Å². The molecule has 3 heterocycles. The van der Waals surface area contributed by atoms with Crippen LogP contribution in [0.15, 0.2) is 116 Å². The van der Waals surface area contributed by atoms with E-state index >= 15 is 0 Å². The molecule has 0 radical (unpaired) electrons. The molecule has 0 aliphatic heterocycles. The fourth-order valence-electron chi connectivity index (χ4n) is 5.63. The molecule has 50 heavy (non-hydrogen) atoms. The van der Waals surface area contributed by atoms with E-state index in [-0.39, 0.29) is 35.4 Å². The number of aromatic carboxylic acids is 1. The Balaban J connectivity index is 1.44. The summed E-state index contributed by atoms with van der Waals surface area (Å²) in [5.41, 5.74) is 6.83. The molecular weight excluding hydrogens is 630 g/mol. The number of aryl methyl sites for hydroxylation is 3. The standard InChI is InChI=1S/C41H33N3O6/c1-25-8-12-28(13-9-25)34-22-33(20-31-18-26(2)10-14-36(31)49-40(47)29-6-4-16-42-23-29)44-35(38(34)39(45)46)21-32-19-27(3)11-15-37(32)50-41(48)30-7-5-17-43-24-30/h4-19,22-24H,20-21H2,1-3H3,(H,45,46). The van der Waals surface area contributed by atoms with E-state index < -0.39 is 17.9 Å². The van der Waals surface area contributed by atoms with E-state index in [9.17, 15) is 19.5 Å². The lowest BCUT2D eigenvalue weighted by molar-refractivity contribution is 0.0691. The lowest BCUT2D eigenvalue weighted by Crippen LogP contribution is -2.14. The van der Waals surface area contributed by atoms with Crippen LogP contribution in [-0.2, 0) is 12.8 Å². The summed E-state index contributed by atoms with van der Waals surface area (Å²) < 4.78 is 11.6. The van der Waals surface area contributed by atoms with Gasteiger partial charge in [-0.2, -0.15) is 0 Å². The number of carboxylic acids is 1. The van der Waals surface area contributed by atoms with Crippen LogP contribution in [0.25, 0.3) is 11.1 Å². The highest BCUT2D eigenvalue weighted by Crippen LogP contribution is 2.33. The van der Waals surface area contributed by atoms with Gasteiger partial charge in [-0.1, -0.05) is 65.2 Å². The quantitative estimate of drug-likeness (QED) is 0.115. The van der Waals surface area contributed by atoms with Gasteiger partial charge in [0.1, 0.15) is 11.5 Å². The average Bonchev–Trinajstić information content (AvgIpc) is 3.11. The molecular formula is C41H33N3O6. The molecule has 0 fully saturated rings. The third kappa shape index (κ3) is 7.79. The molecule has 1 N–H and O–H groups in total. The second kappa shape index (κ2) is 14.7. The molecule has 0 saturated heterocycles. The molecule has 248 valence electrons. The number of hydrogen-bond acceptors (Lipinski definition) is 8. The number of rotatable bonds is 10. The Morgan fingerprint density at radius 2 is 1.16 bits per heavy atom. The lowest BCUT2D eigenvalue weighted by Gasteiger charge is -2.17. The van der Waals surface area contributed by atoms with E-state index in [1.807, 2.05) is 69.3 Å². The summed E-state index contributed by atoms with van der Waals surface area (Å²) in [6, 6.07) is 26.8. The first-order chi connectivity index (χ1) is 24.1. The van der Waals surface area contributed by atoms with Crippen LogP contribution in [0.3, 0.4) is 0 Å². The topological polar surface area (TPSA) is 129 Å². The van der Waals surface area contributed by atoms with Crippen molar-refractivity contribution < 1.29 is 29.0 Å². The average molecular weight is 664 g/mol. The molecule has 0 aliphatic rings. The molecule has 6 aromatic rings. The van der Waals surface area contributed by atoms with Gasteiger partial charge in [-0.15, -0.1) is 0 Å². The van der Waals surface area contributed by atoms with E-state index in [4.69, 9.17) is 14.5 Å². The van der Waals surface area contributed by atoms with Crippen molar-refractivity contribution >= 4 is 17.9 Å². The molecule has 0 spiro atoms. The maximum Gasteiger partial charge on any atom is 0.345 e. The minimum absolute atomic E-state index is 0.0381. The van der Waals surface area contributed by atoms with Gasteiger partial charge in [0, 0.05) is 54.4 Å². The summed E-state index contributed by atoms with van der Waals surface area (Å²) in [6.45, 7) is 5.80. The van der Waals surface area contributed by atoms with Crippen molar-refractivity contribution in [1.29, 1.82) is 0 Å². The van der Waals surface area contributed by atoms with Crippen molar-refractivity contribution in [1.82, 2.24) is 15.0 Å². The summed E-state index contributed by atoms with van der Waals surface area (Å²) in [6.07, 6.45) is 6.30. The molecule has 0 aliphatic carbocycles. The van der Waals surface area contributed by atoms with Crippen LogP contribution in [0.1, 0.15) is 70.3 Å². The van der Waals surface area contributed by atoms with Crippen LogP contribution in [0.4, 0.5) is 0 Å². The highest BCUT2D eigenvalue weighted by molar-refractivity contribution is 5.97. The minimum Gasteiger partial charge on any atom is -0.478 e. The molecule has 9 nitrogen and oxygen atoms in total. The van der Waals surface area contributed by atoms with E-state index in [0.717, 1.165) is 16.7 Å². The predicted octanol–water partition coefficient (Wildman–Crippen LogP) is 7.78. The van der Waals surface area contributed by atoms with Gasteiger partial charge in [0.2, 0.25) is 0 Å². The molecule has 3 aromatic heterocycles. The van der Waals surface area contributed by atoms with Gasteiger partial charge in [-0.25, -0.2) is 14.4 Å². The Hall–Kier alpha value is -6.48. The van der Waals surface area contributed by atoms with E-state index in [1.54, 1.807) is 54.9 Å². The summed E-state index contributed by atoms with van der Waals surface area (Å²) in [4.78, 5) is 52.0. The number of carbonyl (C=O) groups is 3. The molecule has 0 atom stereocenters. The van der Waals surface area contributed by atoms with Gasteiger partial charge in [0.25, 0.3) is 0 Å². The monoisotopic (exact) mass is 663 g/mol. The van der Waals surface area contributed by atoms with Crippen LogP contribution in [0.5, 0.6) is 11.5 Å². The first-order valence-electron chi connectivity index (χ1n) is 15.9. The van der Waals surface area contributed by atoms with Crippen molar-refractivity contribution in [3.05, 3.63) is 172 Å². The fraction of sp³-hybridized carbons (Fsp3) is 0.122. The van der Waals surface area contributed by atoms with Crippen LogP contribution in [0.2, 0.25) is 0 Å². The number of hydrogen-bond donors (Lipinski definition) is 1. The Morgan fingerprint density at radius 3 is 1.66 bits per heavy atom. The molecule has 0 bridgehead atoms. The summed E-state index contributed by atoms with van der Waals surface area (Å²) in [5.74, 6) is -1.64. The number of pyridine rings is 3. The van der Waals surface area contributed by atoms with Gasteiger partial charge in [0.15, 0.2) is 0 Å². The molecule has 0 unspecified atom stereocenters. The van der Waals surface area contributed by atoms with Crippen molar-refractivity contribution in [2.24, 2.45) is 0 Å². The Labute approximate surface area is 289 Å². The zero-order valence-corrected chi connectivity index (χ0v) is 27.7. The van der Waals surface area contributed by atoms with E-state index in [1.165, 1.54) is 12.4 Å². The molecule has 0 saturated carbocycles. The first kappa shape index (κ1) is 33.4. The van der Waals surface area contributed by atoms with Gasteiger partial charge in [0.05, 0.1) is 22.4 Å². The van der Waals surface area contributed by atoms with E-state index in [0.29, 0.717) is 39.3 Å². The maximum atomic E-state index is 13.0. The summed E-state index contributed by atoms with van der Waals surface area (Å²) in [7, 11) is 0. The zero-order chi connectivity index (χ0) is 35.2. The number of aromatic nitrogens is 3. The first-order valence-corrected chi connectivity index (χ1v) is 15.9. The smallest absolute Gasteiger partial charge is 0.345 e. The number of esters is 2. The third-order valence-corrected chi connectivity index (χ3v) is 8.09. The number of benzene rings is 3.